The summed E-state index contributed by atoms with van der Waals surface area (Å²) in [6, 6.07) is 7.40. The Bertz CT molecular complexity index is 427. The maximum absolute atomic E-state index is 5.60. The number of anilines is 1. The Morgan fingerprint density at radius 3 is 2.60 bits per heavy atom. The minimum Gasteiger partial charge on any atom is -0.496 e. The number of rotatable bonds is 6. The van der Waals surface area contributed by atoms with E-state index in [9.17, 15) is 0 Å². The summed E-state index contributed by atoms with van der Waals surface area (Å²) in [6.45, 7) is 5.51. The Morgan fingerprint density at radius 2 is 2.05 bits per heavy atom. The van der Waals surface area contributed by atoms with Crippen LogP contribution in [0.1, 0.15) is 51.1 Å². The lowest BCUT2D eigenvalue weighted by molar-refractivity contribution is 0.403. The van der Waals surface area contributed by atoms with Crippen molar-refractivity contribution in [2.45, 2.75) is 51.6 Å². The molecule has 0 amide bonds. The van der Waals surface area contributed by atoms with Crippen LogP contribution in [0.4, 0.5) is 5.69 Å². The zero-order valence-electron chi connectivity index (χ0n) is 13.3. The Balaban J connectivity index is 2.42. The fourth-order valence-electron chi connectivity index (χ4n) is 3.38. The van der Waals surface area contributed by atoms with Gasteiger partial charge in [0.05, 0.1) is 7.11 Å². The lowest BCUT2D eigenvalue weighted by Gasteiger charge is -2.33. The molecule has 1 aliphatic carbocycles. The highest BCUT2D eigenvalue weighted by atomic mass is 16.5. The van der Waals surface area contributed by atoms with Gasteiger partial charge in [-0.25, -0.2) is 0 Å². The van der Waals surface area contributed by atoms with Gasteiger partial charge in [0, 0.05) is 29.9 Å². The van der Waals surface area contributed by atoms with Crippen molar-refractivity contribution in [3.63, 3.8) is 0 Å². The van der Waals surface area contributed by atoms with Gasteiger partial charge in [-0.1, -0.05) is 18.9 Å². The van der Waals surface area contributed by atoms with Gasteiger partial charge in [0.2, 0.25) is 0 Å². The Hall–Kier alpha value is -1.22. The summed E-state index contributed by atoms with van der Waals surface area (Å²) in [4.78, 5) is 2.57. The molecule has 1 atom stereocenters. The van der Waals surface area contributed by atoms with Gasteiger partial charge in [0.15, 0.2) is 0 Å². The maximum Gasteiger partial charge on any atom is 0.125 e. The second kappa shape index (κ2) is 6.98. The van der Waals surface area contributed by atoms with E-state index in [1.165, 1.54) is 36.9 Å². The molecule has 0 radical (unpaired) electrons. The highest BCUT2D eigenvalue weighted by Crippen LogP contribution is 2.37. The van der Waals surface area contributed by atoms with E-state index in [1.807, 2.05) is 7.05 Å². The highest BCUT2D eigenvalue weighted by Gasteiger charge is 2.25. The van der Waals surface area contributed by atoms with Crippen LogP contribution < -0.4 is 15.0 Å². The van der Waals surface area contributed by atoms with Crippen LogP contribution >= 0.6 is 0 Å². The summed E-state index contributed by atoms with van der Waals surface area (Å²) in [7, 11) is 3.77. The number of methoxy groups -OCH3 is 1. The summed E-state index contributed by atoms with van der Waals surface area (Å²) in [6.07, 6.45) is 5.36. The van der Waals surface area contributed by atoms with Gasteiger partial charge in [-0.15, -0.1) is 0 Å². The van der Waals surface area contributed by atoms with Crippen LogP contribution in [0.15, 0.2) is 18.2 Å². The molecule has 20 heavy (non-hydrogen) atoms. The van der Waals surface area contributed by atoms with Crippen molar-refractivity contribution >= 4 is 5.69 Å². The van der Waals surface area contributed by atoms with E-state index in [1.54, 1.807) is 7.11 Å². The van der Waals surface area contributed by atoms with Gasteiger partial charge in [-0.2, -0.15) is 0 Å². The predicted molar refractivity (Wildman–Crippen MR) is 85.7 cm³/mol. The highest BCUT2D eigenvalue weighted by molar-refractivity contribution is 5.61. The average Bonchev–Trinajstić information content (AvgIpc) is 3.01. The zero-order valence-corrected chi connectivity index (χ0v) is 13.3. The summed E-state index contributed by atoms with van der Waals surface area (Å²) in [5, 5.41) is 3.36. The third-order valence-corrected chi connectivity index (χ3v) is 4.54. The van der Waals surface area contributed by atoms with E-state index >= 15 is 0 Å². The second-order valence-corrected chi connectivity index (χ2v) is 5.63. The normalized spacial score (nSPS) is 17.2. The Labute approximate surface area is 123 Å². The average molecular weight is 276 g/mol. The number of hydrogen-bond acceptors (Lipinski definition) is 3. The number of nitrogens with zero attached hydrogens (tertiary/aromatic N) is 1. The SMILES string of the molecule is CCN(c1cccc(OC)c1C(C)NC)C1CCCC1. The molecule has 1 aromatic rings. The fourth-order valence-corrected chi connectivity index (χ4v) is 3.38. The lowest BCUT2D eigenvalue weighted by atomic mass is 10.0. The van der Waals surface area contributed by atoms with Crippen LogP contribution in [-0.4, -0.2) is 26.7 Å². The second-order valence-electron chi connectivity index (χ2n) is 5.63. The number of ether oxygens (including phenoxy) is 1. The molecule has 0 aliphatic heterocycles. The predicted octanol–water partition coefficient (Wildman–Crippen LogP) is 3.74. The molecule has 1 unspecified atom stereocenters. The molecule has 0 heterocycles. The standard InChI is InChI=1S/C17H28N2O/c1-5-19(14-9-6-7-10-14)15-11-8-12-16(20-4)17(15)13(2)18-3/h8,11-14,18H,5-7,9-10H2,1-4H3. The first-order chi connectivity index (χ1) is 9.72. The summed E-state index contributed by atoms with van der Waals surface area (Å²) < 4.78 is 5.60. The number of hydrogen-bond donors (Lipinski definition) is 1. The minimum atomic E-state index is 0.289. The molecule has 0 saturated heterocycles. The van der Waals surface area contributed by atoms with Gasteiger partial charge in [0.25, 0.3) is 0 Å². The van der Waals surface area contributed by atoms with Gasteiger partial charge in [-0.05, 0) is 45.9 Å². The van der Waals surface area contributed by atoms with Crippen molar-refractivity contribution in [2.24, 2.45) is 0 Å². The smallest absolute Gasteiger partial charge is 0.125 e. The molecule has 0 aromatic heterocycles. The maximum atomic E-state index is 5.60. The monoisotopic (exact) mass is 276 g/mol. The quantitative estimate of drug-likeness (QED) is 0.856. The first-order valence-electron chi connectivity index (χ1n) is 7.83. The van der Waals surface area contributed by atoms with Crippen LogP contribution in [0.5, 0.6) is 5.75 Å². The van der Waals surface area contributed by atoms with Gasteiger partial charge < -0.3 is 15.0 Å². The van der Waals surface area contributed by atoms with Crippen molar-refractivity contribution in [2.75, 3.05) is 25.6 Å². The third-order valence-electron chi connectivity index (χ3n) is 4.54. The Kier molecular flexibility index (Phi) is 5.30. The molecular formula is C17H28N2O. The van der Waals surface area contributed by atoms with Gasteiger partial charge in [-0.3, -0.25) is 0 Å². The largest absolute Gasteiger partial charge is 0.496 e. The van der Waals surface area contributed by atoms with Crippen molar-refractivity contribution in [1.29, 1.82) is 0 Å². The molecular weight excluding hydrogens is 248 g/mol. The molecule has 1 aromatic carbocycles. The van der Waals surface area contributed by atoms with Crippen LogP contribution in [0.2, 0.25) is 0 Å². The van der Waals surface area contributed by atoms with E-state index in [4.69, 9.17) is 4.74 Å². The first-order valence-corrected chi connectivity index (χ1v) is 7.83. The van der Waals surface area contributed by atoms with E-state index in [0.29, 0.717) is 6.04 Å². The first kappa shape index (κ1) is 15.2. The topological polar surface area (TPSA) is 24.5 Å². The molecule has 1 saturated carbocycles. The molecule has 112 valence electrons. The van der Waals surface area contributed by atoms with Gasteiger partial charge in [0.1, 0.15) is 5.75 Å². The van der Waals surface area contributed by atoms with Crippen molar-refractivity contribution < 1.29 is 4.74 Å². The molecule has 3 heteroatoms. The molecule has 3 nitrogen and oxygen atoms in total. The molecule has 1 N–H and O–H groups in total. The van der Waals surface area contributed by atoms with E-state index in [2.05, 4.69) is 42.3 Å². The zero-order chi connectivity index (χ0) is 14.5. The van der Waals surface area contributed by atoms with Crippen LogP contribution in [-0.2, 0) is 0 Å². The fraction of sp³-hybridized carbons (Fsp3) is 0.647. The lowest BCUT2D eigenvalue weighted by Crippen LogP contribution is -2.34. The minimum absolute atomic E-state index is 0.289. The van der Waals surface area contributed by atoms with Crippen LogP contribution in [0, 0.1) is 0 Å². The summed E-state index contributed by atoms with van der Waals surface area (Å²) in [5.74, 6) is 0.987. The Morgan fingerprint density at radius 1 is 1.35 bits per heavy atom. The summed E-state index contributed by atoms with van der Waals surface area (Å²) >= 11 is 0. The summed E-state index contributed by atoms with van der Waals surface area (Å²) in [5.41, 5.74) is 2.62. The molecule has 0 bridgehead atoms. The van der Waals surface area contributed by atoms with E-state index in [-0.39, 0.29) is 6.04 Å². The van der Waals surface area contributed by atoms with E-state index in [0.717, 1.165) is 12.3 Å². The molecule has 1 aliphatic rings. The van der Waals surface area contributed by atoms with Crippen molar-refractivity contribution in [1.82, 2.24) is 5.32 Å². The van der Waals surface area contributed by atoms with E-state index < -0.39 is 0 Å². The van der Waals surface area contributed by atoms with Crippen molar-refractivity contribution in [3.8, 4) is 5.75 Å². The third kappa shape index (κ3) is 2.93. The number of benzene rings is 1. The molecule has 0 spiro atoms. The van der Waals surface area contributed by atoms with Gasteiger partial charge >= 0.3 is 0 Å². The number of nitrogens with one attached hydrogen (secondary N) is 1. The molecule has 1 fully saturated rings. The van der Waals surface area contributed by atoms with Crippen molar-refractivity contribution in [3.05, 3.63) is 23.8 Å². The molecule has 2 rings (SSSR count). The van der Waals surface area contributed by atoms with Crippen LogP contribution in [0.25, 0.3) is 0 Å². The van der Waals surface area contributed by atoms with Crippen LogP contribution in [0.3, 0.4) is 0 Å².